The van der Waals surface area contributed by atoms with Crippen LogP contribution in [-0.4, -0.2) is 25.2 Å². The van der Waals surface area contributed by atoms with Crippen molar-refractivity contribution in [1.29, 1.82) is 0 Å². The second kappa shape index (κ2) is 7.79. The van der Waals surface area contributed by atoms with Crippen LogP contribution in [0.25, 0.3) is 21.9 Å². The van der Waals surface area contributed by atoms with E-state index in [9.17, 15) is 13.5 Å². The Morgan fingerprint density at radius 2 is 1.77 bits per heavy atom. The van der Waals surface area contributed by atoms with Crippen LogP contribution >= 0.6 is 0 Å². The Kier molecular flexibility index (Phi) is 5.47. The number of phenolic OH excluding ortho intramolecular Hbond substituents is 1. The molecule has 4 nitrogen and oxygen atoms in total. The average Bonchev–Trinajstić information content (AvgIpc) is 2.65. The lowest BCUT2D eigenvalue weighted by molar-refractivity contribution is 0.477. The maximum Gasteiger partial charge on any atom is 0.168 e. The monoisotopic (exact) mass is 369 g/mol. The third kappa shape index (κ3) is 4.17. The highest BCUT2D eigenvalue weighted by Crippen LogP contribution is 2.33. The number of hydrogen-bond acceptors (Lipinski definition) is 4. The molecule has 0 radical (unpaired) electrons. The summed E-state index contributed by atoms with van der Waals surface area (Å²) in [6.45, 7) is 1.96. The first-order chi connectivity index (χ1) is 12.5. The summed E-state index contributed by atoms with van der Waals surface area (Å²) in [7, 11) is -3.19. The predicted molar refractivity (Wildman–Crippen MR) is 108 cm³/mol. The lowest BCUT2D eigenvalue weighted by Gasteiger charge is -2.12. The Morgan fingerprint density at radius 3 is 2.58 bits per heavy atom. The summed E-state index contributed by atoms with van der Waals surface area (Å²) in [6, 6.07) is 19.4. The van der Waals surface area contributed by atoms with Crippen molar-refractivity contribution >= 4 is 26.3 Å². The summed E-state index contributed by atoms with van der Waals surface area (Å²) in [6.07, 6.45) is 1.48. The van der Waals surface area contributed by atoms with E-state index in [1.165, 1.54) is 0 Å². The van der Waals surface area contributed by atoms with E-state index in [0.29, 0.717) is 12.1 Å². The molecule has 0 unspecified atom stereocenters. The SMILES string of the molecule is CCCCS(=O)(=O)CNc1cc(-c2cccc3ccccc23)ccc1O. The summed E-state index contributed by atoms with van der Waals surface area (Å²) in [5, 5.41) is 15.2. The van der Waals surface area contributed by atoms with Gasteiger partial charge in [0.25, 0.3) is 0 Å². The van der Waals surface area contributed by atoms with Crippen LogP contribution in [0.3, 0.4) is 0 Å². The molecule has 0 bridgehead atoms. The van der Waals surface area contributed by atoms with Crippen molar-refractivity contribution < 1.29 is 13.5 Å². The van der Waals surface area contributed by atoms with Gasteiger partial charge in [-0.1, -0.05) is 61.9 Å². The molecule has 2 N–H and O–H groups in total. The van der Waals surface area contributed by atoms with Crippen molar-refractivity contribution in [2.24, 2.45) is 0 Å². The molecule has 0 amide bonds. The van der Waals surface area contributed by atoms with Crippen molar-refractivity contribution in [1.82, 2.24) is 0 Å². The number of benzene rings is 3. The van der Waals surface area contributed by atoms with Gasteiger partial charge in [0.2, 0.25) is 0 Å². The zero-order valence-electron chi connectivity index (χ0n) is 14.8. The molecule has 3 aromatic rings. The van der Waals surface area contributed by atoms with Gasteiger partial charge in [0, 0.05) is 0 Å². The number of unbranched alkanes of at least 4 members (excludes halogenated alkanes) is 1. The van der Waals surface area contributed by atoms with Gasteiger partial charge >= 0.3 is 0 Å². The molecular formula is C21H23NO3S. The minimum absolute atomic E-state index is 0.0414. The number of fused-ring (bicyclic) bond motifs is 1. The van der Waals surface area contributed by atoms with E-state index in [0.717, 1.165) is 28.3 Å². The predicted octanol–water partition coefficient (Wildman–Crippen LogP) is 4.80. The van der Waals surface area contributed by atoms with Crippen LogP contribution in [0.5, 0.6) is 5.75 Å². The Bertz CT molecular complexity index is 1010. The van der Waals surface area contributed by atoms with Gasteiger partial charge in [0.1, 0.15) is 11.6 Å². The van der Waals surface area contributed by atoms with E-state index in [2.05, 4.69) is 23.5 Å². The van der Waals surface area contributed by atoms with Crippen LogP contribution in [-0.2, 0) is 9.84 Å². The Balaban J connectivity index is 1.90. The molecule has 0 aliphatic rings. The molecule has 26 heavy (non-hydrogen) atoms. The van der Waals surface area contributed by atoms with Crippen molar-refractivity contribution in [3.63, 3.8) is 0 Å². The highest BCUT2D eigenvalue weighted by molar-refractivity contribution is 7.91. The van der Waals surface area contributed by atoms with Crippen molar-refractivity contribution in [2.45, 2.75) is 19.8 Å². The fourth-order valence-corrected chi connectivity index (χ4v) is 4.19. The highest BCUT2D eigenvalue weighted by atomic mass is 32.2. The molecule has 0 aliphatic carbocycles. The molecular weight excluding hydrogens is 346 g/mol. The van der Waals surface area contributed by atoms with E-state index < -0.39 is 9.84 Å². The molecule has 0 saturated carbocycles. The van der Waals surface area contributed by atoms with Gasteiger partial charge in [0.15, 0.2) is 9.84 Å². The minimum atomic E-state index is -3.19. The van der Waals surface area contributed by atoms with Gasteiger partial charge < -0.3 is 10.4 Å². The van der Waals surface area contributed by atoms with Gasteiger partial charge in [-0.25, -0.2) is 8.42 Å². The Hall–Kier alpha value is -2.53. The number of rotatable bonds is 7. The summed E-state index contributed by atoms with van der Waals surface area (Å²) in [5.41, 5.74) is 2.39. The average molecular weight is 369 g/mol. The number of phenols is 1. The van der Waals surface area contributed by atoms with Crippen LogP contribution in [0.15, 0.2) is 60.7 Å². The molecule has 0 aromatic heterocycles. The van der Waals surface area contributed by atoms with Gasteiger partial charge in [-0.05, 0) is 40.5 Å². The quantitative estimate of drug-likeness (QED) is 0.587. The first-order valence-corrected chi connectivity index (χ1v) is 10.6. The molecule has 3 rings (SSSR count). The molecule has 0 fully saturated rings. The largest absolute Gasteiger partial charge is 0.506 e. The molecule has 0 heterocycles. The van der Waals surface area contributed by atoms with E-state index in [4.69, 9.17) is 0 Å². The minimum Gasteiger partial charge on any atom is -0.506 e. The van der Waals surface area contributed by atoms with E-state index in [1.54, 1.807) is 12.1 Å². The van der Waals surface area contributed by atoms with Crippen molar-refractivity contribution in [3.05, 3.63) is 60.7 Å². The first-order valence-electron chi connectivity index (χ1n) is 8.75. The van der Waals surface area contributed by atoms with Crippen LogP contribution in [0.4, 0.5) is 5.69 Å². The zero-order chi connectivity index (χ0) is 18.6. The van der Waals surface area contributed by atoms with Crippen LogP contribution in [0.1, 0.15) is 19.8 Å². The van der Waals surface area contributed by atoms with Crippen molar-refractivity contribution in [3.8, 4) is 16.9 Å². The van der Waals surface area contributed by atoms with Crippen LogP contribution in [0.2, 0.25) is 0 Å². The van der Waals surface area contributed by atoms with E-state index in [-0.39, 0.29) is 17.4 Å². The Morgan fingerprint density at radius 1 is 1.00 bits per heavy atom. The fourth-order valence-electron chi connectivity index (χ4n) is 2.95. The molecule has 3 aromatic carbocycles. The molecule has 0 aliphatic heterocycles. The molecule has 0 spiro atoms. The fraction of sp³-hybridized carbons (Fsp3) is 0.238. The highest BCUT2D eigenvalue weighted by Gasteiger charge is 2.12. The summed E-state index contributed by atoms with van der Waals surface area (Å²) in [4.78, 5) is 0. The summed E-state index contributed by atoms with van der Waals surface area (Å²) >= 11 is 0. The van der Waals surface area contributed by atoms with Gasteiger partial charge in [-0.2, -0.15) is 0 Å². The number of anilines is 1. The second-order valence-electron chi connectivity index (χ2n) is 6.38. The first kappa shape index (κ1) is 18.3. The maximum atomic E-state index is 12.1. The molecule has 5 heteroatoms. The van der Waals surface area contributed by atoms with Crippen molar-refractivity contribution in [2.75, 3.05) is 16.9 Å². The number of aromatic hydroxyl groups is 1. The molecule has 0 atom stereocenters. The Labute approximate surface area is 154 Å². The lowest BCUT2D eigenvalue weighted by atomic mass is 9.98. The van der Waals surface area contributed by atoms with Crippen LogP contribution < -0.4 is 5.32 Å². The third-order valence-electron chi connectivity index (χ3n) is 4.39. The lowest BCUT2D eigenvalue weighted by Crippen LogP contribution is -2.17. The normalized spacial score (nSPS) is 11.6. The molecule has 136 valence electrons. The number of hydrogen-bond donors (Lipinski definition) is 2. The van der Waals surface area contributed by atoms with Crippen LogP contribution in [0, 0.1) is 0 Å². The second-order valence-corrected chi connectivity index (χ2v) is 8.57. The van der Waals surface area contributed by atoms with Gasteiger partial charge in [0.05, 0.1) is 11.4 Å². The number of sulfone groups is 1. The zero-order valence-corrected chi connectivity index (χ0v) is 15.6. The topological polar surface area (TPSA) is 66.4 Å². The maximum absolute atomic E-state index is 12.1. The third-order valence-corrected chi connectivity index (χ3v) is 5.88. The standard InChI is InChI=1S/C21H23NO3S/c1-2-3-13-26(24,25)15-22-20-14-17(11-12-21(20)23)19-10-6-8-16-7-4-5-9-18(16)19/h4-12,14,22-23H,2-3,13,15H2,1H3. The van der Waals surface area contributed by atoms with Gasteiger partial charge in [-0.3, -0.25) is 0 Å². The summed E-state index contributed by atoms with van der Waals surface area (Å²) < 4.78 is 24.1. The van der Waals surface area contributed by atoms with E-state index >= 15 is 0 Å². The van der Waals surface area contributed by atoms with Gasteiger partial charge in [-0.15, -0.1) is 0 Å². The molecule has 0 saturated heterocycles. The number of nitrogens with one attached hydrogen (secondary N) is 1. The van der Waals surface area contributed by atoms with E-state index in [1.807, 2.05) is 37.3 Å². The summed E-state index contributed by atoms with van der Waals surface area (Å²) in [5.74, 6) is 0.0134. The smallest absolute Gasteiger partial charge is 0.168 e.